The van der Waals surface area contributed by atoms with E-state index in [1.807, 2.05) is 12.4 Å². The molecule has 4 heteroatoms. The van der Waals surface area contributed by atoms with E-state index in [1.54, 1.807) is 0 Å². The average Bonchev–Trinajstić information content (AvgIpc) is 3.52. The molecule has 47 heavy (non-hydrogen) atoms. The van der Waals surface area contributed by atoms with Crippen molar-refractivity contribution < 1.29 is 0 Å². The van der Waals surface area contributed by atoms with E-state index in [9.17, 15) is 0 Å². The van der Waals surface area contributed by atoms with Crippen molar-refractivity contribution in [3.63, 3.8) is 0 Å². The molecule has 0 saturated heterocycles. The van der Waals surface area contributed by atoms with Gasteiger partial charge < -0.3 is 4.57 Å². The molecule has 0 radical (unpaired) electrons. The highest BCUT2D eigenvalue weighted by atomic mass is 31.1. The third kappa shape index (κ3) is 5.67. The van der Waals surface area contributed by atoms with Gasteiger partial charge in [-0.05, 0) is 52.3 Å². The summed E-state index contributed by atoms with van der Waals surface area (Å²) < 4.78 is 2.43. The number of hydrogen-bond acceptors (Lipinski definition) is 2. The van der Waals surface area contributed by atoms with Crippen LogP contribution in [-0.4, -0.2) is 14.5 Å². The molecule has 2 heterocycles. The Morgan fingerprint density at radius 3 is 1.70 bits per heavy atom. The van der Waals surface area contributed by atoms with Gasteiger partial charge in [0.05, 0.1) is 11.4 Å². The van der Waals surface area contributed by atoms with Gasteiger partial charge in [-0.3, -0.25) is 4.98 Å². The molecule has 0 aliphatic rings. The van der Waals surface area contributed by atoms with E-state index in [1.165, 1.54) is 37.8 Å². The van der Waals surface area contributed by atoms with Gasteiger partial charge in [-0.15, -0.1) is 0 Å². The fourth-order valence-electron chi connectivity index (χ4n) is 6.42. The van der Waals surface area contributed by atoms with Gasteiger partial charge in [0, 0.05) is 35.6 Å². The van der Waals surface area contributed by atoms with E-state index in [0.29, 0.717) is 6.54 Å². The van der Waals surface area contributed by atoms with Crippen LogP contribution in [0.25, 0.3) is 44.7 Å². The maximum Gasteiger partial charge on any atom is 0.142 e. The highest BCUT2D eigenvalue weighted by Gasteiger charge is 2.28. The van der Waals surface area contributed by atoms with Crippen molar-refractivity contribution in [3.05, 3.63) is 188 Å². The number of aromatic nitrogens is 3. The van der Waals surface area contributed by atoms with Crippen LogP contribution in [0, 0.1) is 0 Å². The molecule has 6 aromatic carbocycles. The molecule has 0 N–H and O–H groups in total. The molecule has 8 rings (SSSR count). The summed E-state index contributed by atoms with van der Waals surface area (Å²) >= 11 is 0. The number of nitrogens with zero attached hydrogens (tertiary/aromatic N) is 3. The highest BCUT2D eigenvalue weighted by molar-refractivity contribution is 7.80. The largest absolute Gasteiger partial charge is 0.319 e. The average molecular weight is 622 g/mol. The maximum atomic E-state index is 5.66. The first-order chi connectivity index (χ1) is 23.3. The van der Waals surface area contributed by atoms with Crippen LogP contribution in [0.3, 0.4) is 0 Å². The van der Waals surface area contributed by atoms with Gasteiger partial charge in [-0.1, -0.05) is 158 Å². The molecule has 2 aromatic heterocycles. The van der Waals surface area contributed by atoms with Crippen LogP contribution < -0.4 is 15.9 Å². The van der Waals surface area contributed by atoms with E-state index in [4.69, 9.17) is 4.98 Å². The Bertz CT molecular complexity index is 2210. The quantitative estimate of drug-likeness (QED) is 0.158. The van der Waals surface area contributed by atoms with Crippen LogP contribution in [0.15, 0.2) is 182 Å². The van der Waals surface area contributed by atoms with Crippen LogP contribution in [-0.2, 0) is 6.54 Å². The number of fused-ring (bicyclic) bond motifs is 1. The summed E-state index contributed by atoms with van der Waals surface area (Å²) in [5.74, 6) is 0.964. The first-order valence-corrected chi connectivity index (χ1v) is 17.2. The lowest BCUT2D eigenvalue weighted by Crippen LogP contribution is -2.23. The van der Waals surface area contributed by atoms with Crippen LogP contribution >= 0.6 is 7.92 Å². The van der Waals surface area contributed by atoms with Crippen LogP contribution in [0.4, 0.5) is 0 Å². The van der Waals surface area contributed by atoms with Gasteiger partial charge in [0.15, 0.2) is 0 Å². The Kier molecular flexibility index (Phi) is 7.97. The fraction of sp³-hybridized carbons (Fsp3) is 0.0233. The Labute approximate surface area is 276 Å². The monoisotopic (exact) mass is 621 g/mol. The van der Waals surface area contributed by atoms with Crippen LogP contribution in [0.5, 0.6) is 0 Å². The third-order valence-electron chi connectivity index (χ3n) is 8.55. The summed E-state index contributed by atoms with van der Waals surface area (Å²) in [6, 6.07) is 60.7. The second kappa shape index (κ2) is 13.0. The molecule has 8 aromatic rings. The zero-order chi connectivity index (χ0) is 31.4. The Balaban J connectivity index is 1.50. The Morgan fingerprint density at radius 1 is 0.511 bits per heavy atom. The van der Waals surface area contributed by atoms with Crippen molar-refractivity contribution in [2.45, 2.75) is 6.54 Å². The molecule has 0 aliphatic carbocycles. The van der Waals surface area contributed by atoms with Gasteiger partial charge in [0.25, 0.3) is 0 Å². The molecular formula is C43H32N3P. The van der Waals surface area contributed by atoms with Gasteiger partial charge in [-0.25, -0.2) is 4.98 Å². The van der Waals surface area contributed by atoms with Crippen molar-refractivity contribution >= 4 is 34.6 Å². The number of benzene rings is 6. The van der Waals surface area contributed by atoms with E-state index in [0.717, 1.165) is 28.3 Å². The van der Waals surface area contributed by atoms with E-state index >= 15 is 0 Å². The first kappa shape index (κ1) is 28.8. The van der Waals surface area contributed by atoms with Crippen molar-refractivity contribution in [2.75, 3.05) is 0 Å². The lowest BCUT2D eigenvalue weighted by atomic mass is 10.0. The fourth-order valence-corrected chi connectivity index (χ4v) is 8.88. The number of pyridine rings is 1. The summed E-state index contributed by atoms with van der Waals surface area (Å²) in [5.41, 5.74) is 6.65. The summed E-state index contributed by atoms with van der Waals surface area (Å²) in [6.45, 7) is 0.652. The lowest BCUT2D eigenvalue weighted by molar-refractivity contribution is 0.814. The van der Waals surface area contributed by atoms with Crippen molar-refractivity contribution in [1.82, 2.24) is 14.5 Å². The summed E-state index contributed by atoms with van der Waals surface area (Å²) in [4.78, 5) is 9.99. The minimum atomic E-state index is -0.907. The molecule has 0 unspecified atom stereocenters. The molecule has 0 amide bonds. The van der Waals surface area contributed by atoms with Crippen molar-refractivity contribution in [1.29, 1.82) is 0 Å². The topological polar surface area (TPSA) is 30.7 Å². The smallest absolute Gasteiger partial charge is 0.142 e. The summed E-state index contributed by atoms with van der Waals surface area (Å²) in [6.07, 6.45) is 3.75. The lowest BCUT2D eigenvalue weighted by Gasteiger charge is -2.24. The zero-order valence-electron chi connectivity index (χ0n) is 25.8. The van der Waals surface area contributed by atoms with Crippen LogP contribution in [0.1, 0.15) is 5.56 Å². The second-order valence-corrected chi connectivity index (χ2v) is 13.7. The zero-order valence-corrected chi connectivity index (χ0v) is 26.7. The molecule has 3 nitrogen and oxygen atoms in total. The minimum absolute atomic E-state index is 0.652. The standard InChI is InChI=1S/C43H32N3P/c1-5-16-34(17-6-1)41-42(35-18-7-2-8-19-35)46(31-32-27-29-44-30-28-32)43(45-41)40-38-24-14-13-15-33(38)25-26-39(40)47(36-20-9-3-10-21-36)37-22-11-4-12-23-37/h1-30H,31H2. The number of hydrogen-bond donors (Lipinski definition) is 0. The Hall–Kier alpha value is -5.63. The molecule has 0 fully saturated rings. The summed E-state index contributed by atoms with van der Waals surface area (Å²) in [5, 5.41) is 6.30. The highest BCUT2D eigenvalue weighted by Crippen LogP contribution is 2.43. The van der Waals surface area contributed by atoms with Crippen molar-refractivity contribution in [3.8, 4) is 33.9 Å². The van der Waals surface area contributed by atoms with Gasteiger partial charge >= 0.3 is 0 Å². The Morgan fingerprint density at radius 2 is 1.06 bits per heavy atom. The molecule has 0 aliphatic heterocycles. The second-order valence-electron chi connectivity index (χ2n) is 11.5. The van der Waals surface area contributed by atoms with Crippen molar-refractivity contribution in [2.24, 2.45) is 0 Å². The molecule has 0 spiro atoms. The first-order valence-electron chi connectivity index (χ1n) is 15.9. The predicted molar refractivity (Wildman–Crippen MR) is 198 cm³/mol. The van der Waals surface area contributed by atoms with E-state index in [2.05, 4.69) is 179 Å². The van der Waals surface area contributed by atoms with E-state index in [-0.39, 0.29) is 0 Å². The predicted octanol–water partition coefficient (Wildman–Crippen LogP) is 9.24. The number of imidazole rings is 1. The van der Waals surface area contributed by atoms with Gasteiger partial charge in [0.1, 0.15) is 5.82 Å². The normalized spacial score (nSPS) is 11.3. The molecule has 0 saturated carbocycles. The number of rotatable bonds is 8. The molecular weight excluding hydrogens is 589 g/mol. The molecule has 224 valence electrons. The third-order valence-corrected chi connectivity index (χ3v) is 11.0. The van der Waals surface area contributed by atoms with E-state index < -0.39 is 7.92 Å². The minimum Gasteiger partial charge on any atom is -0.319 e. The SMILES string of the molecule is c1ccc(-c2nc(-c3c(P(c4ccccc4)c4ccccc4)ccc4ccccc34)n(Cc3ccncc3)c2-c2ccccc2)cc1. The maximum absolute atomic E-state index is 5.66. The van der Waals surface area contributed by atoms with Crippen LogP contribution in [0.2, 0.25) is 0 Å². The van der Waals surface area contributed by atoms with Gasteiger partial charge in [0.2, 0.25) is 0 Å². The summed E-state index contributed by atoms with van der Waals surface area (Å²) in [7, 11) is -0.907. The molecule has 0 bridgehead atoms. The molecule has 0 atom stereocenters. The van der Waals surface area contributed by atoms with Gasteiger partial charge in [-0.2, -0.15) is 0 Å².